The minimum absolute atomic E-state index is 0.736. The first kappa shape index (κ1) is 5.05. The predicted molar refractivity (Wildman–Crippen MR) is 34.2 cm³/mol. The lowest BCUT2D eigenvalue weighted by molar-refractivity contribution is 1.37. The fourth-order valence-electron chi connectivity index (χ4n) is 0.242. The van der Waals surface area contributed by atoms with Crippen molar-refractivity contribution >= 4 is 32.3 Å². The zero-order valence-corrected chi connectivity index (χ0v) is 5.79. The molecular formula is C3H3BrN2S. The molecule has 2 N–H and O–H groups in total. The number of halogens is 1. The Morgan fingerprint density at radius 3 is 2.71 bits per heavy atom. The van der Waals surface area contributed by atoms with E-state index in [1.54, 1.807) is 5.51 Å². The van der Waals surface area contributed by atoms with Crippen molar-refractivity contribution in [1.29, 1.82) is 0 Å². The van der Waals surface area contributed by atoms with Crippen LogP contribution in [0.2, 0.25) is 0 Å². The minimum atomic E-state index is 0.736. The van der Waals surface area contributed by atoms with E-state index in [1.807, 2.05) is 0 Å². The maximum atomic E-state index is 5.35. The van der Waals surface area contributed by atoms with Crippen LogP contribution < -0.4 is 5.73 Å². The van der Waals surface area contributed by atoms with Crippen molar-refractivity contribution in [2.24, 2.45) is 0 Å². The Labute approximate surface area is 53.5 Å². The number of nitrogen functional groups attached to an aromatic ring is 1. The van der Waals surface area contributed by atoms with Crippen molar-refractivity contribution in [3.8, 4) is 0 Å². The molecule has 0 unspecified atom stereocenters. The van der Waals surface area contributed by atoms with Crippen LogP contribution >= 0.6 is 27.3 Å². The van der Waals surface area contributed by atoms with E-state index >= 15 is 0 Å². The number of anilines is 1. The lowest BCUT2D eigenvalue weighted by Gasteiger charge is -1.76. The summed E-state index contributed by atoms with van der Waals surface area (Å²) in [4.78, 5) is 3.83. The molecule has 2 nitrogen and oxygen atoms in total. The van der Waals surface area contributed by atoms with Gasteiger partial charge in [-0.1, -0.05) is 0 Å². The zero-order chi connectivity index (χ0) is 5.28. The van der Waals surface area contributed by atoms with Gasteiger partial charge in [-0.15, -0.1) is 11.3 Å². The lowest BCUT2D eigenvalue weighted by Crippen LogP contribution is -1.77. The molecule has 1 rings (SSSR count). The molecule has 1 aromatic rings. The Hall–Kier alpha value is -0.0900. The molecule has 38 valence electrons. The maximum absolute atomic E-state index is 5.35. The van der Waals surface area contributed by atoms with Gasteiger partial charge in [0.2, 0.25) is 0 Å². The molecule has 1 heterocycles. The average Bonchev–Trinajstić information content (AvgIpc) is 1.91. The number of hydrogen-bond donors (Lipinski definition) is 1. The number of hydrogen-bond acceptors (Lipinski definition) is 3. The van der Waals surface area contributed by atoms with E-state index in [-0.39, 0.29) is 0 Å². The summed E-state index contributed by atoms with van der Waals surface area (Å²) in [6.45, 7) is 0. The Morgan fingerprint density at radius 1 is 1.86 bits per heavy atom. The van der Waals surface area contributed by atoms with Crippen LogP contribution in [0.3, 0.4) is 0 Å². The second-order valence-corrected chi connectivity index (χ2v) is 2.64. The van der Waals surface area contributed by atoms with Crippen LogP contribution in [0.15, 0.2) is 10.1 Å². The molecule has 0 aliphatic rings. The van der Waals surface area contributed by atoms with Crippen LogP contribution in [-0.2, 0) is 0 Å². The van der Waals surface area contributed by atoms with E-state index in [2.05, 4.69) is 20.9 Å². The molecule has 0 radical (unpaired) electrons. The molecule has 1 aromatic heterocycles. The molecule has 0 aromatic carbocycles. The smallest absolute Gasteiger partial charge is 0.140 e. The highest BCUT2D eigenvalue weighted by Crippen LogP contribution is 2.20. The largest absolute Gasteiger partial charge is 0.388 e. The Bertz CT molecular complexity index is 145. The Morgan fingerprint density at radius 2 is 2.57 bits per heavy atom. The van der Waals surface area contributed by atoms with Gasteiger partial charge in [-0.3, -0.25) is 0 Å². The van der Waals surface area contributed by atoms with Crippen molar-refractivity contribution in [3.05, 3.63) is 10.1 Å². The molecule has 0 fully saturated rings. The van der Waals surface area contributed by atoms with Gasteiger partial charge in [0.15, 0.2) is 0 Å². The Kier molecular flexibility index (Phi) is 1.30. The van der Waals surface area contributed by atoms with Crippen molar-refractivity contribution in [2.45, 2.75) is 0 Å². The van der Waals surface area contributed by atoms with Crippen LogP contribution in [0.1, 0.15) is 0 Å². The normalized spacial score (nSPS) is 9.29. The molecule has 0 bridgehead atoms. The molecule has 0 aliphatic heterocycles. The molecule has 0 amide bonds. The van der Waals surface area contributed by atoms with Crippen molar-refractivity contribution in [2.75, 3.05) is 5.73 Å². The summed E-state index contributed by atoms with van der Waals surface area (Å²) in [6, 6.07) is 0. The summed E-state index contributed by atoms with van der Waals surface area (Å²) in [5, 5.41) is 0.736. The fourth-order valence-corrected chi connectivity index (χ4v) is 1.18. The number of nitrogens with zero attached hydrogens (tertiary/aromatic N) is 1. The molecule has 4 heteroatoms. The van der Waals surface area contributed by atoms with Crippen molar-refractivity contribution < 1.29 is 0 Å². The van der Waals surface area contributed by atoms with E-state index in [1.165, 1.54) is 11.3 Å². The first-order chi connectivity index (χ1) is 3.30. The molecule has 7 heavy (non-hydrogen) atoms. The SMILES string of the molecule is Nc1scnc1Br. The quantitative estimate of drug-likeness (QED) is 0.655. The van der Waals surface area contributed by atoms with Crippen molar-refractivity contribution in [1.82, 2.24) is 4.98 Å². The summed E-state index contributed by atoms with van der Waals surface area (Å²) >= 11 is 4.56. The second kappa shape index (κ2) is 1.79. The highest BCUT2D eigenvalue weighted by molar-refractivity contribution is 9.10. The van der Waals surface area contributed by atoms with Crippen LogP contribution in [0.4, 0.5) is 5.00 Å². The lowest BCUT2D eigenvalue weighted by atomic mass is 10.9. The average molecular weight is 179 g/mol. The third-order valence-electron chi connectivity index (χ3n) is 0.549. The van der Waals surface area contributed by atoms with Gasteiger partial charge in [0, 0.05) is 0 Å². The first-order valence-corrected chi connectivity index (χ1v) is 3.32. The number of aromatic nitrogens is 1. The third kappa shape index (κ3) is 0.920. The van der Waals surface area contributed by atoms with Crippen LogP contribution in [-0.4, -0.2) is 4.98 Å². The van der Waals surface area contributed by atoms with Gasteiger partial charge >= 0.3 is 0 Å². The monoisotopic (exact) mass is 178 g/mol. The third-order valence-corrected chi connectivity index (χ3v) is 2.10. The van der Waals surface area contributed by atoms with Crippen LogP contribution in [0, 0.1) is 0 Å². The second-order valence-electron chi connectivity index (χ2n) is 1.01. The van der Waals surface area contributed by atoms with Gasteiger partial charge in [-0.2, -0.15) is 0 Å². The summed E-state index contributed by atoms with van der Waals surface area (Å²) in [5.41, 5.74) is 7.04. The highest BCUT2D eigenvalue weighted by atomic mass is 79.9. The number of nitrogens with two attached hydrogens (primary N) is 1. The van der Waals surface area contributed by atoms with E-state index < -0.39 is 0 Å². The summed E-state index contributed by atoms with van der Waals surface area (Å²) in [5.74, 6) is 0. The van der Waals surface area contributed by atoms with Gasteiger partial charge in [0.1, 0.15) is 9.60 Å². The molecule has 0 saturated heterocycles. The maximum Gasteiger partial charge on any atom is 0.140 e. The molecule has 0 atom stereocenters. The van der Waals surface area contributed by atoms with Crippen molar-refractivity contribution in [3.63, 3.8) is 0 Å². The van der Waals surface area contributed by atoms with E-state index in [4.69, 9.17) is 5.73 Å². The van der Waals surface area contributed by atoms with Gasteiger partial charge in [0.05, 0.1) is 5.51 Å². The molecular weight excluding hydrogens is 176 g/mol. The van der Waals surface area contributed by atoms with Gasteiger partial charge in [-0.05, 0) is 15.9 Å². The number of rotatable bonds is 0. The molecule has 0 aliphatic carbocycles. The van der Waals surface area contributed by atoms with E-state index in [0.29, 0.717) is 0 Å². The highest BCUT2D eigenvalue weighted by Gasteiger charge is 1.92. The minimum Gasteiger partial charge on any atom is -0.388 e. The zero-order valence-electron chi connectivity index (χ0n) is 3.39. The predicted octanol–water partition coefficient (Wildman–Crippen LogP) is 1.49. The Balaban J connectivity index is 3.12. The molecule has 0 spiro atoms. The van der Waals surface area contributed by atoms with Crippen LogP contribution in [0.25, 0.3) is 0 Å². The van der Waals surface area contributed by atoms with E-state index in [9.17, 15) is 0 Å². The van der Waals surface area contributed by atoms with Gasteiger partial charge in [-0.25, -0.2) is 4.98 Å². The summed E-state index contributed by atoms with van der Waals surface area (Å²) < 4.78 is 0.748. The summed E-state index contributed by atoms with van der Waals surface area (Å²) in [6.07, 6.45) is 0. The molecule has 0 saturated carbocycles. The fraction of sp³-hybridized carbons (Fsp3) is 0. The first-order valence-electron chi connectivity index (χ1n) is 1.65. The number of thiazole rings is 1. The van der Waals surface area contributed by atoms with Crippen LogP contribution in [0.5, 0.6) is 0 Å². The van der Waals surface area contributed by atoms with Gasteiger partial charge in [0.25, 0.3) is 0 Å². The van der Waals surface area contributed by atoms with E-state index in [0.717, 1.165) is 9.60 Å². The standard InChI is InChI=1S/C3H3BrN2S/c4-2-3(5)7-1-6-2/h1H,5H2. The van der Waals surface area contributed by atoms with Gasteiger partial charge < -0.3 is 5.73 Å². The topological polar surface area (TPSA) is 38.9 Å². The summed E-state index contributed by atoms with van der Waals surface area (Å²) in [7, 11) is 0.